The molecule has 2 nitrogen and oxygen atoms in total. The summed E-state index contributed by atoms with van der Waals surface area (Å²) in [5, 5.41) is 0. The van der Waals surface area contributed by atoms with Crippen LogP contribution in [0.3, 0.4) is 0 Å². The van der Waals surface area contributed by atoms with Crippen LogP contribution >= 0.6 is 0 Å². The van der Waals surface area contributed by atoms with Crippen LogP contribution in [-0.4, -0.2) is 5.97 Å². The Morgan fingerprint density at radius 3 is 2.73 bits per heavy atom. The Morgan fingerprint density at radius 1 is 1.27 bits per heavy atom. The number of cyclic esters (lactones) is 1. The van der Waals surface area contributed by atoms with Crippen LogP contribution in [0.5, 0.6) is 0 Å². The molecule has 1 aliphatic heterocycles. The second-order valence-corrected chi connectivity index (χ2v) is 2.23. The van der Waals surface area contributed by atoms with Crippen molar-refractivity contribution in [1.29, 1.82) is 0 Å². The van der Waals surface area contributed by atoms with Crippen LogP contribution in [0, 0.1) is 0 Å². The third-order valence-corrected chi connectivity index (χ3v) is 1.60. The predicted octanol–water partition coefficient (Wildman–Crippen LogP) is 1.35. The van der Waals surface area contributed by atoms with Gasteiger partial charge in [-0.2, -0.15) is 0 Å². The zero-order chi connectivity index (χ0) is 6.97. The first-order valence-corrected chi connectivity index (χ1v) is 3.13. The van der Waals surface area contributed by atoms with Crippen LogP contribution in [0.25, 0.3) is 0 Å². The van der Waals surface area contributed by atoms with Gasteiger partial charge in [0.2, 0.25) is 0 Å². The Balaban J connectivity index is 0.000000605. The van der Waals surface area contributed by atoms with E-state index in [1.807, 2.05) is 18.2 Å². The zero-order valence-corrected chi connectivity index (χ0v) is 10.1. The van der Waals surface area contributed by atoms with Gasteiger partial charge in [0.1, 0.15) is 6.61 Å². The van der Waals surface area contributed by atoms with Crippen molar-refractivity contribution in [3.8, 4) is 0 Å². The Hall–Kier alpha value is -0.388. The number of benzene rings is 1. The molecule has 0 atom stereocenters. The van der Waals surface area contributed by atoms with E-state index in [0.717, 1.165) is 5.56 Å². The third kappa shape index (κ3) is 1.45. The molecular formula is C8H6CdO2. The summed E-state index contributed by atoms with van der Waals surface area (Å²) in [6.45, 7) is 0.439. The molecule has 0 saturated heterocycles. The summed E-state index contributed by atoms with van der Waals surface area (Å²) in [7, 11) is 0. The fourth-order valence-corrected chi connectivity index (χ4v) is 1.07. The molecule has 1 aliphatic rings. The maximum absolute atomic E-state index is 10.8. The standard InChI is InChI=1S/C8H6O2.Cd/c9-8-7-4-2-1-3-6(7)5-10-8;/h1-4H,5H2;. The SMILES string of the molecule is O=C1OCc2ccccc21.[Cd]. The second-order valence-electron chi connectivity index (χ2n) is 2.23. The average Bonchev–Trinajstić information content (AvgIpc) is 2.34. The van der Waals surface area contributed by atoms with E-state index in [2.05, 4.69) is 0 Å². The van der Waals surface area contributed by atoms with E-state index in [9.17, 15) is 4.79 Å². The Labute approximate surface area is 84.7 Å². The molecule has 0 bridgehead atoms. The Morgan fingerprint density at radius 2 is 2.00 bits per heavy atom. The zero-order valence-electron chi connectivity index (χ0n) is 6.04. The maximum atomic E-state index is 10.8. The van der Waals surface area contributed by atoms with Gasteiger partial charge in [-0.3, -0.25) is 0 Å². The minimum absolute atomic E-state index is 0. The van der Waals surface area contributed by atoms with Gasteiger partial charge in [0.25, 0.3) is 0 Å². The molecule has 1 aromatic rings. The average molecular weight is 247 g/mol. The summed E-state index contributed by atoms with van der Waals surface area (Å²) < 4.78 is 4.78. The molecule has 0 aliphatic carbocycles. The molecule has 52 valence electrons. The molecule has 11 heavy (non-hydrogen) atoms. The normalized spacial score (nSPS) is 13.3. The number of fused-ring (bicyclic) bond motifs is 1. The topological polar surface area (TPSA) is 26.3 Å². The van der Waals surface area contributed by atoms with Crippen LogP contribution in [-0.2, 0) is 38.6 Å². The second kappa shape index (κ2) is 3.34. The summed E-state index contributed by atoms with van der Waals surface area (Å²) in [6.07, 6.45) is 0. The number of esters is 1. The summed E-state index contributed by atoms with van der Waals surface area (Å²) in [4.78, 5) is 10.8. The first kappa shape index (κ1) is 8.71. The molecule has 2 rings (SSSR count). The fourth-order valence-electron chi connectivity index (χ4n) is 1.07. The molecule has 0 spiro atoms. The maximum Gasteiger partial charge on any atom is 0.338 e. The number of hydrogen-bond donors (Lipinski definition) is 0. The molecule has 0 aromatic heterocycles. The number of hydrogen-bond acceptors (Lipinski definition) is 2. The molecule has 0 saturated carbocycles. The minimum Gasteiger partial charge on any atom is -0.457 e. The predicted molar refractivity (Wildman–Crippen MR) is 35.6 cm³/mol. The quantitative estimate of drug-likeness (QED) is 0.510. The molecule has 0 amide bonds. The molecule has 0 fully saturated rings. The van der Waals surface area contributed by atoms with Gasteiger partial charge in [0.15, 0.2) is 0 Å². The van der Waals surface area contributed by atoms with Crippen molar-refractivity contribution in [1.82, 2.24) is 0 Å². The summed E-state index contributed by atoms with van der Waals surface area (Å²) >= 11 is 0. The van der Waals surface area contributed by atoms with E-state index in [1.54, 1.807) is 6.07 Å². The first-order chi connectivity index (χ1) is 4.88. The van der Waals surface area contributed by atoms with Gasteiger partial charge in [-0.1, -0.05) is 18.2 Å². The molecule has 0 unspecified atom stereocenters. The number of ether oxygens (including phenoxy) is 1. The van der Waals surface area contributed by atoms with Gasteiger partial charge in [-0.05, 0) is 6.07 Å². The number of carbonyl (C=O) groups is 1. The van der Waals surface area contributed by atoms with Gasteiger partial charge >= 0.3 is 5.97 Å². The van der Waals surface area contributed by atoms with E-state index in [1.165, 1.54) is 0 Å². The largest absolute Gasteiger partial charge is 0.457 e. The summed E-state index contributed by atoms with van der Waals surface area (Å²) in [5.41, 5.74) is 1.70. The molecule has 1 aromatic carbocycles. The van der Waals surface area contributed by atoms with Crippen molar-refractivity contribution in [2.24, 2.45) is 0 Å². The van der Waals surface area contributed by atoms with Crippen LogP contribution in [0.1, 0.15) is 15.9 Å². The number of rotatable bonds is 0. The fraction of sp³-hybridized carbons (Fsp3) is 0.125. The van der Waals surface area contributed by atoms with E-state index in [4.69, 9.17) is 4.74 Å². The minimum atomic E-state index is -0.199. The number of carbonyl (C=O) groups excluding carboxylic acids is 1. The van der Waals surface area contributed by atoms with Crippen molar-refractivity contribution in [2.75, 3.05) is 0 Å². The van der Waals surface area contributed by atoms with Gasteiger partial charge in [-0.15, -0.1) is 0 Å². The van der Waals surface area contributed by atoms with Crippen molar-refractivity contribution >= 4 is 5.97 Å². The molecule has 3 heteroatoms. The van der Waals surface area contributed by atoms with Crippen molar-refractivity contribution in [3.63, 3.8) is 0 Å². The molecule has 0 N–H and O–H groups in total. The van der Waals surface area contributed by atoms with Crippen molar-refractivity contribution < 1.29 is 36.8 Å². The molecular weight excluding hydrogens is 240 g/mol. The summed E-state index contributed by atoms with van der Waals surface area (Å²) in [6, 6.07) is 7.43. The van der Waals surface area contributed by atoms with Crippen molar-refractivity contribution in [3.05, 3.63) is 35.4 Å². The Bertz CT molecular complexity index is 283. The van der Waals surface area contributed by atoms with E-state index in [-0.39, 0.29) is 33.3 Å². The smallest absolute Gasteiger partial charge is 0.338 e. The van der Waals surface area contributed by atoms with Gasteiger partial charge < -0.3 is 4.74 Å². The van der Waals surface area contributed by atoms with Crippen LogP contribution in [0.4, 0.5) is 0 Å². The first-order valence-electron chi connectivity index (χ1n) is 3.13. The third-order valence-electron chi connectivity index (χ3n) is 1.60. The monoisotopic (exact) mass is 248 g/mol. The van der Waals surface area contributed by atoms with E-state index >= 15 is 0 Å². The van der Waals surface area contributed by atoms with Crippen LogP contribution in [0.15, 0.2) is 24.3 Å². The van der Waals surface area contributed by atoms with Crippen molar-refractivity contribution in [2.45, 2.75) is 6.61 Å². The Kier molecular flexibility index (Phi) is 2.64. The molecule has 1 heterocycles. The van der Waals surface area contributed by atoms with Crippen LogP contribution in [0.2, 0.25) is 0 Å². The van der Waals surface area contributed by atoms with Gasteiger partial charge in [0.05, 0.1) is 5.56 Å². The van der Waals surface area contributed by atoms with Crippen LogP contribution < -0.4 is 0 Å². The van der Waals surface area contributed by atoms with Gasteiger partial charge in [-0.25, -0.2) is 4.79 Å². The summed E-state index contributed by atoms with van der Waals surface area (Å²) in [5.74, 6) is -0.199. The van der Waals surface area contributed by atoms with E-state index in [0.29, 0.717) is 12.2 Å². The van der Waals surface area contributed by atoms with Gasteiger partial charge in [0, 0.05) is 32.9 Å². The van der Waals surface area contributed by atoms with E-state index < -0.39 is 0 Å². The molecule has 0 radical (unpaired) electrons.